The second-order valence-electron chi connectivity index (χ2n) is 5.39. The summed E-state index contributed by atoms with van der Waals surface area (Å²) in [6, 6.07) is 21.0. The van der Waals surface area contributed by atoms with Gasteiger partial charge in [0.1, 0.15) is 0 Å². The summed E-state index contributed by atoms with van der Waals surface area (Å²) in [5, 5.41) is 0. The Bertz CT molecular complexity index is 815. The second kappa shape index (κ2) is 6.39. The molecule has 3 rings (SSSR count). The van der Waals surface area contributed by atoms with Gasteiger partial charge in [0, 0.05) is 0 Å². The van der Waals surface area contributed by atoms with Gasteiger partial charge in [0.15, 0.2) is 0 Å². The zero-order valence-corrected chi connectivity index (χ0v) is 14.4. The van der Waals surface area contributed by atoms with E-state index in [-0.39, 0.29) is 20.5 Å². The normalized spacial score (nSPS) is 12.0. The van der Waals surface area contributed by atoms with Crippen LogP contribution in [0.1, 0.15) is 13.8 Å². The fourth-order valence-corrected chi connectivity index (χ4v) is 4.88. The zero-order valence-electron chi connectivity index (χ0n) is 12.7. The molecule has 0 spiro atoms. The van der Waals surface area contributed by atoms with Gasteiger partial charge < -0.3 is 0 Å². The van der Waals surface area contributed by atoms with Crippen LogP contribution in [0, 0.1) is 0 Å². The SMILES string of the molecule is CC(C)N=c1[se]c(-c2ccccc2)c(-c2ccccc2)n1N. The maximum absolute atomic E-state index is 6.39. The van der Waals surface area contributed by atoms with Crippen LogP contribution >= 0.6 is 0 Å². The summed E-state index contributed by atoms with van der Waals surface area (Å²) in [5.41, 5.74) is 3.44. The molecular weight excluding hydrogens is 337 g/mol. The Morgan fingerprint density at radius 1 is 0.909 bits per heavy atom. The molecule has 1 aromatic heterocycles. The van der Waals surface area contributed by atoms with Crippen LogP contribution in [-0.4, -0.2) is 25.2 Å². The van der Waals surface area contributed by atoms with Gasteiger partial charge in [-0.25, -0.2) is 0 Å². The van der Waals surface area contributed by atoms with Gasteiger partial charge in [-0.1, -0.05) is 0 Å². The molecule has 0 fully saturated rings. The predicted molar refractivity (Wildman–Crippen MR) is 93.1 cm³/mol. The van der Waals surface area contributed by atoms with Crippen molar-refractivity contribution in [3.63, 3.8) is 0 Å². The van der Waals surface area contributed by atoms with Gasteiger partial charge in [-0.15, -0.1) is 0 Å². The summed E-state index contributed by atoms with van der Waals surface area (Å²) in [4.78, 5) is 4.71. The van der Waals surface area contributed by atoms with Crippen molar-refractivity contribution < 1.29 is 0 Å². The van der Waals surface area contributed by atoms with Crippen LogP contribution in [0.25, 0.3) is 21.3 Å². The van der Waals surface area contributed by atoms with Crippen LogP contribution in [0.5, 0.6) is 0 Å². The van der Waals surface area contributed by atoms with E-state index in [0.717, 1.165) is 15.6 Å². The van der Waals surface area contributed by atoms with Crippen LogP contribution in [0.3, 0.4) is 0 Å². The molecule has 0 saturated carbocycles. The molecule has 1 heterocycles. The summed E-state index contributed by atoms with van der Waals surface area (Å²) in [6.45, 7) is 4.17. The van der Waals surface area contributed by atoms with Crippen LogP contribution in [0.15, 0.2) is 65.7 Å². The van der Waals surface area contributed by atoms with E-state index in [0.29, 0.717) is 0 Å². The van der Waals surface area contributed by atoms with Gasteiger partial charge in [-0.2, -0.15) is 0 Å². The number of rotatable bonds is 3. The standard InChI is InChI=1S/C18H19N3Se/c1-13(2)20-18-21(19)16(14-9-5-3-6-10-14)17(22-18)15-11-7-4-8-12-15/h3-13H,19H2,1-2H3. The van der Waals surface area contributed by atoms with E-state index in [1.165, 1.54) is 10.0 Å². The Morgan fingerprint density at radius 3 is 2.00 bits per heavy atom. The van der Waals surface area contributed by atoms with Crippen LogP contribution < -0.4 is 10.2 Å². The monoisotopic (exact) mass is 357 g/mol. The van der Waals surface area contributed by atoms with E-state index in [2.05, 4.69) is 50.2 Å². The fourth-order valence-electron chi connectivity index (χ4n) is 2.35. The Morgan fingerprint density at radius 2 is 1.45 bits per heavy atom. The third-order valence-electron chi connectivity index (χ3n) is 3.31. The zero-order chi connectivity index (χ0) is 15.5. The van der Waals surface area contributed by atoms with Crippen LogP contribution in [-0.2, 0) is 0 Å². The molecule has 112 valence electrons. The van der Waals surface area contributed by atoms with E-state index in [1.807, 2.05) is 24.3 Å². The van der Waals surface area contributed by atoms with E-state index in [1.54, 1.807) is 4.68 Å². The number of hydrogen-bond acceptors (Lipinski definition) is 2. The predicted octanol–water partition coefficient (Wildman–Crippen LogP) is 2.90. The summed E-state index contributed by atoms with van der Waals surface area (Å²) in [6.07, 6.45) is 0. The Balaban J connectivity index is 2.29. The summed E-state index contributed by atoms with van der Waals surface area (Å²) < 4.78 is 4.05. The number of nitrogen functional groups attached to an aromatic ring is 1. The van der Waals surface area contributed by atoms with E-state index in [4.69, 9.17) is 10.8 Å². The molecule has 0 amide bonds. The molecule has 2 N–H and O–H groups in total. The minimum atomic E-state index is 0.117. The van der Waals surface area contributed by atoms with Gasteiger partial charge in [0.25, 0.3) is 0 Å². The Kier molecular flexibility index (Phi) is 4.32. The van der Waals surface area contributed by atoms with E-state index >= 15 is 0 Å². The van der Waals surface area contributed by atoms with Crippen molar-refractivity contribution in [2.45, 2.75) is 19.9 Å². The molecule has 0 aliphatic rings. The van der Waals surface area contributed by atoms with Crippen molar-refractivity contribution >= 4 is 14.5 Å². The minimum absolute atomic E-state index is 0.117. The second-order valence-corrected chi connectivity index (χ2v) is 7.44. The molecule has 0 bridgehead atoms. The molecule has 0 aliphatic carbocycles. The molecule has 0 radical (unpaired) electrons. The van der Waals surface area contributed by atoms with Crippen molar-refractivity contribution in [2.24, 2.45) is 4.99 Å². The fraction of sp³-hybridized carbons (Fsp3) is 0.167. The molecule has 0 unspecified atom stereocenters. The van der Waals surface area contributed by atoms with Gasteiger partial charge in [0.05, 0.1) is 0 Å². The average molecular weight is 356 g/mol. The summed E-state index contributed by atoms with van der Waals surface area (Å²) in [7, 11) is 0. The van der Waals surface area contributed by atoms with E-state index < -0.39 is 0 Å². The molecule has 2 aromatic carbocycles. The van der Waals surface area contributed by atoms with Crippen molar-refractivity contribution in [3.05, 3.63) is 65.0 Å². The topological polar surface area (TPSA) is 43.3 Å². The van der Waals surface area contributed by atoms with Crippen molar-refractivity contribution in [1.82, 2.24) is 4.68 Å². The van der Waals surface area contributed by atoms with Gasteiger partial charge in [-0.3, -0.25) is 0 Å². The number of nitrogens with two attached hydrogens (primary N) is 1. The van der Waals surface area contributed by atoms with Gasteiger partial charge >= 0.3 is 136 Å². The first-order valence-electron chi connectivity index (χ1n) is 7.32. The Hall–Kier alpha value is -2.03. The van der Waals surface area contributed by atoms with E-state index in [9.17, 15) is 0 Å². The third-order valence-corrected chi connectivity index (χ3v) is 5.65. The van der Waals surface area contributed by atoms with Crippen molar-refractivity contribution in [3.8, 4) is 21.3 Å². The van der Waals surface area contributed by atoms with Crippen molar-refractivity contribution in [1.29, 1.82) is 0 Å². The first-order chi connectivity index (χ1) is 10.7. The summed E-state index contributed by atoms with van der Waals surface area (Å²) in [5.74, 6) is 6.39. The maximum atomic E-state index is 6.39. The molecule has 3 aromatic rings. The quantitative estimate of drug-likeness (QED) is 0.569. The average Bonchev–Trinajstić information content (AvgIpc) is 2.85. The molecule has 4 heteroatoms. The molecule has 0 saturated heterocycles. The van der Waals surface area contributed by atoms with Gasteiger partial charge in [0.2, 0.25) is 0 Å². The number of hydrogen-bond donors (Lipinski definition) is 1. The van der Waals surface area contributed by atoms with Crippen LogP contribution in [0.2, 0.25) is 0 Å². The molecule has 3 nitrogen and oxygen atoms in total. The molecule has 0 atom stereocenters. The first kappa shape index (κ1) is 14.9. The van der Waals surface area contributed by atoms with Gasteiger partial charge in [-0.05, 0) is 0 Å². The number of benzene rings is 2. The number of nitrogens with zero attached hydrogens (tertiary/aromatic N) is 2. The third kappa shape index (κ3) is 2.94. The Labute approximate surface area is 136 Å². The van der Waals surface area contributed by atoms with Crippen molar-refractivity contribution in [2.75, 3.05) is 5.84 Å². The number of aromatic nitrogens is 1. The molecule has 0 aliphatic heterocycles. The van der Waals surface area contributed by atoms with Crippen LogP contribution in [0.4, 0.5) is 0 Å². The first-order valence-corrected chi connectivity index (χ1v) is 9.03. The molecular formula is C18H19N3Se. The molecule has 22 heavy (non-hydrogen) atoms. The summed E-state index contributed by atoms with van der Waals surface area (Å²) >= 11 is 0.117.